The van der Waals surface area contributed by atoms with Gasteiger partial charge in [-0.05, 0) is 55.9 Å². The van der Waals surface area contributed by atoms with Gasteiger partial charge >= 0.3 is 0 Å². The SMILES string of the molecule is Cn1c(-c2ccc(F)cc2)nc2c(N)nc(C#CC3(O)CCCCC3)nc21. The molecule has 1 aliphatic rings. The lowest BCUT2D eigenvalue weighted by Crippen LogP contribution is -2.29. The van der Waals surface area contributed by atoms with Crippen LogP contribution in [0.4, 0.5) is 10.2 Å². The topological polar surface area (TPSA) is 89.9 Å². The van der Waals surface area contributed by atoms with Crippen molar-refractivity contribution in [1.29, 1.82) is 0 Å². The fourth-order valence-corrected chi connectivity index (χ4v) is 3.43. The van der Waals surface area contributed by atoms with E-state index in [1.165, 1.54) is 12.1 Å². The van der Waals surface area contributed by atoms with Crippen LogP contribution >= 0.6 is 0 Å². The quantitative estimate of drug-likeness (QED) is 0.647. The van der Waals surface area contributed by atoms with E-state index in [1.807, 2.05) is 7.05 Å². The summed E-state index contributed by atoms with van der Waals surface area (Å²) in [4.78, 5) is 13.2. The number of nitrogens with two attached hydrogens (primary N) is 1. The van der Waals surface area contributed by atoms with Crippen LogP contribution in [-0.2, 0) is 7.05 Å². The zero-order chi connectivity index (χ0) is 19.0. The van der Waals surface area contributed by atoms with Gasteiger partial charge in [0.2, 0.25) is 5.82 Å². The Kier molecular flexibility index (Phi) is 4.28. The molecule has 2 aromatic heterocycles. The average molecular weight is 365 g/mol. The van der Waals surface area contributed by atoms with Crippen molar-refractivity contribution in [2.24, 2.45) is 7.05 Å². The minimum Gasteiger partial charge on any atom is -0.382 e. The van der Waals surface area contributed by atoms with Crippen molar-refractivity contribution >= 4 is 17.0 Å². The maximum atomic E-state index is 13.2. The van der Waals surface area contributed by atoms with Crippen LogP contribution in [0.5, 0.6) is 0 Å². The molecule has 1 fully saturated rings. The molecule has 7 heteroatoms. The fourth-order valence-electron chi connectivity index (χ4n) is 3.43. The predicted molar refractivity (Wildman–Crippen MR) is 101 cm³/mol. The highest BCUT2D eigenvalue weighted by molar-refractivity contribution is 5.85. The van der Waals surface area contributed by atoms with Crippen molar-refractivity contribution in [3.05, 3.63) is 35.9 Å². The number of fused-ring (bicyclic) bond motifs is 1. The van der Waals surface area contributed by atoms with Crippen molar-refractivity contribution < 1.29 is 9.50 Å². The third-order valence-corrected chi connectivity index (χ3v) is 4.94. The van der Waals surface area contributed by atoms with E-state index in [-0.39, 0.29) is 17.5 Å². The normalized spacial score (nSPS) is 16.1. The largest absolute Gasteiger partial charge is 0.382 e. The summed E-state index contributed by atoms with van der Waals surface area (Å²) in [6.07, 6.45) is 4.39. The van der Waals surface area contributed by atoms with Crippen LogP contribution in [0, 0.1) is 17.7 Å². The molecule has 0 unspecified atom stereocenters. The Bertz CT molecular complexity index is 1060. The molecule has 4 rings (SSSR count). The standard InChI is InChI=1S/C20H20FN5O/c1-26-18(13-5-7-14(21)8-6-13)25-16-17(22)23-15(24-19(16)26)9-12-20(27)10-3-2-4-11-20/h5-8,27H,2-4,10-11H2,1H3,(H2,22,23,24). The molecule has 3 aromatic rings. The molecule has 0 radical (unpaired) electrons. The molecular weight excluding hydrogens is 345 g/mol. The molecule has 1 aliphatic carbocycles. The van der Waals surface area contributed by atoms with Crippen LogP contribution < -0.4 is 5.73 Å². The number of nitrogen functional groups attached to an aromatic ring is 1. The molecule has 1 saturated carbocycles. The molecule has 27 heavy (non-hydrogen) atoms. The van der Waals surface area contributed by atoms with E-state index in [9.17, 15) is 9.50 Å². The van der Waals surface area contributed by atoms with Gasteiger partial charge in [0.1, 0.15) is 17.2 Å². The van der Waals surface area contributed by atoms with Crippen molar-refractivity contribution in [1.82, 2.24) is 19.5 Å². The number of aryl methyl sites for hydroxylation is 1. The first-order chi connectivity index (χ1) is 13.0. The van der Waals surface area contributed by atoms with Crippen LogP contribution in [0.1, 0.15) is 37.9 Å². The fraction of sp³-hybridized carbons (Fsp3) is 0.350. The summed E-state index contributed by atoms with van der Waals surface area (Å²) < 4.78 is 15.0. The molecular formula is C20H20FN5O. The minimum absolute atomic E-state index is 0.226. The molecule has 6 nitrogen and oxygen atoms in total. The molecule has 1 aromatic carbocycles. The van der Waals surface area contributed by atoms with E-state index in [2.05, 4.69) is 26.8 Å². The van der Waals surface area contributed by atoms with E-state index in [4.69, 9.17) is 5.73 Å². The first kappa shape index (κ1) is 17.4. The van der Waals surface area contributed by atoms with Gasteiger partial charge in [0.25, 0.3) is 0 Å². The maximum Gasteiger partial charge on any atom is 0.209 e. The van der Waals surface area contributed by atoms with E-state index >= 15 is 0 Å². The number of anilines is 1. The molecule has 0 saturated heterocycles. The lowest BCUT2D eigenvalue weighted by Gasteiger charge is -2.26. The van der Waals surface area contributed by atoms with Gasteiger partial charge in [0.15, 0.2) is 17.0 Å². The Morgan fingerprint density at radius 3 is 2.52 bits per heavy atom. The van der Waals surface area contributed by atoms with Gasteiger partial charge in [-0.1, -0.05) is 12.3 Å². The van der Waals surface area contributed by atoms with Gasteiger partial charge in [-0.2, -0.15) is 0 Å². The highest BCUT2D eigenvalue weighted by Gasteiger charge is 2.26. The number of hydrogen-bond acceptors (Lipinski definition) is 5. The number of benzene rings is 1. The average Bonchev–Trinajstić information content (AvgIpc) is 2.99. The van der Waals surface area contributed by atoms with Gasteiger partial charge < -0.3 is 15.4 Å². The first-order valence-corrected chi connectivity index (χ1v) is 8.97. The summed E-state index contributed by atoms with van der Waals surface area (Å²) >= 11 is 0. The van der Waals surface area contributed by atoms with Gasteiger partial charge in [-0.25, -0.2) is 19.3 Å². The van der Waals surface area contributed by atoms with E-state index in [1.54, 1.807) is 16.7 Å². The zero-order valence-corrected chi connectivity index (χ0v) is 15.0. The maximum absolute atomic E-state index is 13.2. The molecule has 3 N–H and O–H groups in total. The second-order valence-corrected chi connectivity index (χ2v) is 6.95. The summed E-state index contributed by atoms with van der Waals surface area (Å²) in [5.41, 5.74) is 6.86. The smallest absolute Gasteiger partial charge is 0.209 e. The van der Waals surface area contributed by atoms with Crippen molar-refractivity contribution in [2.75, 3.05) is 5.73 Å². The second-order valence-electron chi connectivity index (χ2n) is 6.95. The molecule has 0 spiro atoms. The predicted octanol–water partition coefficient (Wildman–Crippen LogP) is 2.80. The van der Waals surface area contributed by atoms with E-state index in [0.29, 0.717) is 29.8 Å². The van der Waals surface area contributed by atoms with Gasteiger partial charge in [0.05, 0.1) is 0 Å². The Balaban J connectivity index is 1.75. The number of imidazole rings is 1. The monoisotopic (exact) mass is 365 g/mol. The third kappa shape index (κ3) is 3.36. The van der Waals surface area contributed by atoms with Crippen LogP contribution in [0.15, 0.2) is 24.3 Å². The molecule has 138 valence electrons. The highest BCUT2D eigenvalue weighted by atomic mass is 19.1. The summed E-state index contributed by atoms with van der Waals surface area (Å²) in [6.45, 7) is 0. The van der Waals surface area contributed by atoms with Crippen LogP contribution in [0.2, 0.25) is 0 Å². The number of rotatable bonds is 1. The first-order valence-electron chi connectivity index (χ1n) is 8.97. The molecule has 0 aliphatic heterocycles. The second kappa shape index (κ2) is 6.63. The van der Waals surface area contributed by atoms with Gasteiger partial charge in [-0.3, -0.25) is 0 Å². The van der Waals surface area contributed by atoms with E-state index in [0.717, 1.165) is 24.8 Å². The number of nitrogens with zero attached hydrogens (tertiary/aromatic N) is 4. The third-order valence-electron chi connectivity index (χ3n) is 4.94. The van der Waals surface area contributed by atoms with Crippen LogP contribution in [-0.4, -0.2) is 30.2 Å². The number of halogens is 1. The Morgan fingerprint density at radius 1 is 1.11 bits per heavy atom. The summed E-state index contributed by atoms with van der Waals surface area (Å²) in [7, 11) is 1.81. The minimum atomic E-state index is -0.975. The number of hydrogen-bond donors (Lipinski definition) is 2. The molecule has 0 bridgehead atoms. The Hall–Kier alpha value is -2.98. The van der Waals surface area contributed by atoms with Crippen LogP contribution in [0.3, 0.4) is 0 Å². The summed E-state index contributed by atoms with van der Waals surface area (Å²) in [5, 5.41) is 10.5. The lowest BCUT2D eigenvalue weighted by molar-refractivity contribution is 0.0610. The Labute approximate surface area is 156 Å². The number of aliphatic hydroxyl groups is 1. The van der Waals surface area contributed by atoms with Gasteiger partial charge in [0, 0.05) is 12.6 Å². The lowest BCUT2D eigenvalue weighted by atomic mass is 9.85. The molecule has 0 amide bonds. The Morgan fingerprint density at radius 2 is 1.81 bits per heavy atom. The zero-order valence-electron chi connectivity index (χ0n) is 15.0. The molecule has 0 atom stereocenters. The van der Waals surface area contributed by atoms with Crippen molar-refractivity contribution in [2.45, 2.75) is 37.7 Å². The summed E-state index contributed by atoms with van der Waals surface area (Å²) in [6, 6.07) is 6.07. The van der Waals surface area contributed by atoms with Crippen LogP contribution in [0.25, 0.3) is 22.6 Å². The van der Waals surface area contributed by atoms with Crippen molar-refractivity contribution in [3.8, 4) is 23.2 Å². The summed E-state index contributed by atoms with van der Waals surface area (Å²) in [5.74, 6) is 6.59. The number of aromatic nitrogens is 4. The van der Waals surface area contributed by atoms with Crippen molar-refractivity contribution in [3.63, 3.8) is 0 Å². The van der Waals surface area contributed by atoms with E-state index < -0.39 is 5.60 Å². The highest BCUT2D eigenvalue weighted by Crippen LogP contribution is 2.28. The molecule has 2 heterocycles. The van der Waals surface area contributed by atoms with Gasteiger partial charge in [-0.15, -0.1) is 0 Å².